The summed E-state index contributed by atoms with van der Waals surface area (Å²) in [5.74, 6) is -11.5. The van der Waals surface area contributed by atoms with E-state index in [-0.39, 0.29) is 83.5 Å². The van der Waals surface area contributed by atoms with Gasteiger partial charge in [0.05, 0.1) is 30.6 Å². The minimum Gasteiger partial charge on any atom is -0.459 e. The van der Waals surface area contributed by atoms with Crippen LogP contribution >= 0.6 is 0 Å². The highest BCUT2D eigenvalue weighted by Gasteiger charge is 2.39. The fourth-order valence-corrected chi connectivity index (χ4v) is 11.7. The lowest BCUT2D eigenvalue weighted by Crippen LogP contribution is -2.61. The summed E-state index contributed by atoms with van der Waals surface area (Å²) in [6.45, 7) is 34.1. The number of ether oxygens (including phenoxy) is 6. The van der Waals surface area contributed by atoms with Crippen molar-refractivity contribution in [3.63, 3.8) is 0 Å². The summed E-state index contributed by atoms with van der Waals surface area (Å²) in [7, 11) is 0. The van der Waals surface area contributed by atoms with Gasteiger partial charge in [0.2, 0.25) is 59.1 Å². The van der Waals surface area contributed by atoms with Crippen molar-refractivity contribution >= 4 is 95.5 Å². The second-order valence-corrected chi connectivity index (χ2v) is 36.6. The van der Waals surface area contributed by atoms with Crippen LogP contribution in [0, 0.1) is 11.8 Å². The normalized spacial score (nSPS) is 19.9. The average molecular weight is 1750 g/mol. The Hall–Kier alpha value is -10.4. The molecule has 0 aliphatic carbocycles. The molecular weight excluding hydrogens is 1610 g/mol. The highest BCUT2D eigenvalue weighted by Crippen LogP contribution is 2.20. The quantitative estimate of drug-likeness (QED) is 0.0268. The third-order valence-corrected chi connectivity index (χ3v) is 17.7. The van der Waals surface area contributed by atoms with Gasteiger partial charge in [0.1, 0.15) is 81.9 Å². The molecule has 1 aliphatic heterocycles. The van der Waals surface area contributed by atoms with Gasteiger partial charge in [-0.25, -0.2) is 24.0 Å². The van der Waals surface area contributed by atoms with Crippen LogP contribution in [0.1, 0.15) is 229 Å². The molecule has 0 spiro atoms. The smallest absolute Gasteiger partial charge is 0.407 e. The van der Waals surface area contributed by atoms with Crippen LogP contribution in [0.15, 0.2) is 30.3 Å². The van der Waals surface area contributed by atoms with Crippen LogP contribution in [0.3, 0.4) is 0 Å². The number of esters is 1. The first-order valence-electron chi connectivity index (χ1n) is 42.0. The lowest BCUT2D eigenvalue weighted by Gasteiger charge is -2.30. The van der Waals surface area contributed by atoms with Crippen molar-refractivity contribution < 1.29 is 115 Å². The number of benzene rings is 1. The number of hydrogen-bond donors (Lipinski definition) is 18. The highest BCUT2D eigenvalue weighted by molar-refractivity contribution is 5.98. The number of carbonyl (C=O) groups is 16. The molecule has 698 valence electrons. The topological polar surface area (TPSA) is 561 Å². The monoisotopic (exact) mass is 1750 g/mol. The summed E-state index contributed by atoms with van der Waals surface area (Å²) in [5.41, 5.74) is -5.70. The summed E-state index contributed by atoms with van der Waals surface area (Å²) in [6.07, 6.45) is -10.4. The zero-order valence-corrected chi connectivity index (χ0v) is 76.1. The molecule has 123 heavy (non-hydrogen) atoms. The number of aliphatic hydroxyl groups excluding tert-OH is 2. The number of hydrogen-bond acceptors (Lipinski definition) is 25. The molecule has 1 fully saturated rings. The molecule has 40 nitrogen and oxygen atoms in total. The fraction of sp³-hybridized carbons (Fsp3) is 0.735. The Balaban J connectivity index is 3.09. The van der Waals surface area contributed by atoms with Crippen molar-refractivity contribution in [1.82, 2.24) is 85.1 Å². The van der Waals surface area contributed by atoms with Gasteiger partial charge in [-0.2, -0.15) is 0 Å². The van der Waals surface area contributed by atoms with E-state index in [1.54, 1.807) is 162 Å². The third kappa shape index (κ3) is 47.2. The van der Waals surface area contributed by atoms with Gasteiger partial charge in [-0.1, -0.05) is 58.0 Å². The molecule has 1 aliphatic rings. The second kappa shape index (κ2) is 51.0. The highest BCUT2D eigenvalue weighted by atomic mass is 16.6. The lowest BCUT2D eigenvalue weighted by atomic mass is 10.00. The van der Waals surface area contributed by atoms with Crippen LogP contribution in [0.5, 0.6) is 0 Å². The number of aliphatic hydroxyl groups is 2. The van der Waals surface area contributed by atoms with Gasteiger partial charge in [0.25, 0.3) is 0 Å². The van der Waals surface area contributed by atoms with E-state index in [0.29, 0.717) is 12.0 Å². The maximum absolute atomic E-state index is 15.3. The second-order valence-electron chi connectivity index (χ2n) is 36.6. The van der Waals surface area contributed by atoms with Crippen LogP contribution in [-0.4, -0.2) is 258 Å². The van der Waals surface area contributed by atoms with Crippen LogP contribution in [0.4, 0.5) is 24.0 Å². The molecule has 2 unspecified atom stereocenters. The zero-order valence-electron chi connectivity index (χ0n) is 76.1. The predicted octanol–water partition coefficient (Wildman–Crippen LogP) is 2.60. The Morgan fingerprint density at radius 1 is 0.463 bits per heavy atom. The Kier molecular flexibility index (Phi) is 45.1. The molecule has 0 bridgehead atoms. The van der Waals surface area contributed by atoms with Crippen molar-refractivity contribution in [2.75, 3.05) is 45.8 Å². The number of amides is 15. The molecule has 0 saturated carbocycles. The van der Waals surface area contributed by atoms with Gasteiger partial charge in [-0.15, -0.1) is 0 Å². The summed E-state index contributed by atoms with van der Waals surface area (Å²) in [6, 6.07) is -7.70. The van der Waals surface area contributed by atoms with E-state index in [0.717, 1.165) is 6.92 Å². The Labute approximate surface area is 722 Å². The van der Waals surface area contributed by atoms with Crippen LogP contribution in [0.25, 0.3) is 0 Å². The third-order valence-electron chi connectivity index (χ3n) is 17.7. The number of rotatable bonds is 34. The molecular formula is C83H142N16O24. The molecule has 1 aromatic rings. The molecule has 1 aromatic carbocycles. The van der Waals surface area contributed by atoms with Gasteiger partial charge < -0.3 is 124 Å². The molecule has 2 rings (SSSR count). The maximum atomic E-state index is 15.3. The van der Waals surface area contributed by atoms with E-state index in [4.69, 9.17) is 28.4 Å². The Morgan fingerprint density at radius 3 is 1.34 bits per heavy atom. The van der Waals surface area contributed by atoms with E-state index >= 15 is 14.4 Å². The van der Waals surface area contributed by atoms with Gasteiger partial charge in [-0.05, 0) is 201 Å². The molecule has 0 radical (unpaired) electrons. The largest absolute Gasteiger partial charge is 0.459 e. The standard InChI is InChI=1S/C83H142N16O24/c1-24-48(4)72(112)118-83(22,23)45-60(102)92-55(34-40-87-75(115)121-80(13,14)15)67(107)99-62(50(6)101)71(111)95-56(35-41-88-76(116)122-81(16,17)18)64(104)91-52-32-38-84-70(110)61(49(5)100)98-66(106)54(31-28-37-85-73(113)119-78(7,8)9)93-65(105)57(36-42-89-77(117)123-82(19,20)21)94-68(108)58(43-47(2)3)96-69(109)59(44-51-29-26-25-27-30-51)97-63(103)53(90-46-52)33-39-86-74(114)120-79(10,11)12/h25-27,29-30,47-50,52-59,61-62,90,100-101H,24,28,31-46H2,1-23H3,(H,84,110)(H,85,113)(H,86,114)(H,87,115)(H,88,116)(H,89,117)(H,91,104)(H,92,102)(H,93,105)(H,94,108)(H,95,111)(H,96,109)(H,97,103)(H,98,106)(H,99,107)/t48?,49-,50?,52-,53-,54-,55-,56-,57-,58-,59+,61-,62-/m0/s1. The summed E-state index contributed by atoms with van der Waals surface area (Å²) in [4.78, 5) is 226. The number of alkyl carbamates (subject to hydrolysis) is 5. The van der Waals surface area contributed by atoms with E-state index in [1.807, 2.05) is 0 Å². The van der Waals surface area contributed by atoms with Gasteiger partial charge >= 0.3 is 36.4 Å². The average Bonchev–Trinajstić information content (AvgIpc) is 1.15. The van der Waals surface area contributed by atoms with Crippen molar-refractivity contribution in [2.24, 2.45) is 11.8 Å². The van der Waals surface area contributed by atoms with E-state index in [1.165, 1.54) is 20.8 Å². The molecule has 1 heterocycles. The molecule has 1 saturated heterocycles. The van der Waals surface area contributed by atoms with Gasteiger partial charge in [0.15, 0.2) is 0 Å². The fourth-order valence-electron chi connectivity index (χ4n) is 11.7. The molecule has 40 heteroatoms. The zero-order chi connectivity index (χ0) is 93.7. The van der Waals surface area contributed by atoms with Crippen molar-refractivity contribution in [3.8, 4) is 0 Å². The van der Waals surface area contributed by atoms with Gasteiger partial charge in [-0.3, -0.25) is 52.7 Å². The molecule has 13 atom stereocenters. The Morgan fingerprint density at radius 2 is 0.878 bits per heavy atom. The van der Waals surface area contributed by atoms with Crippen molar-refractivity contribution in [3.05, 3.63) is 35.9 Å². The lowest BCUT2D eigenvalue weighted by molar-refractivity contribution is -0.163. The molecule has 18 N–H and O–H groups in total. The van der Waals surface area contributed by atoms with E-state index in [9.17, 15) is 72.5 Å². The van der Waals surface area contributed by atoms with Crippen LogP contribution < -0.4 is 85.1 Å². The maximum Gasteiger partial charge on any atom is 0.407 e. The summed E-state index contributed by atoms with van der Waals surface area (Å²) < 4.78 is 32.7. The number of nitrogens with one attached hydrogen (secondary N) is 16. The SMILES string of the molecule is CCC(C)C(=O)OC(C)(C)CC(=O)N[C@@H](CCNC(=O)OC(C)(C)C)C(=O)N[C@H](C(=O)N[C@@H](CCNC(=O)OC(C)(C)C)C(=O)N[C@H]1CCNC(=O)[C@H]([C@H](C)O)NC(=O)[C@H](CCCNC(=O)OC(C)(C)C)NC(=O)[C@H](CCNC(=O)OC(C)(C)C)NC(=O)[C@H](CC(C)C)NC(=O)[C@@H](Cc2ccccc2)NC(=O)[C@H](CCNC(=O)OC(C)(C)C)NC1)C(C)O. The molecule has 15 amide bonds. The van der Waals surface area contributed by atoms with E-state index in [2.05, 4.69) is 85.1 Å². The van der Waals surface area contributed by atoms with E-state index < -0.39 is 240 Å². The van der Waals surface area contributed by atoms with Gasteiger partial charge in [0, 0.05) is 58.3 Å². The Bertz CT molecular complexity index is 3660. The summed E-state index contributed by atoms with van der Waals surface area (Å²) >= 11 is 0. The number of carbonyl (C=O) groups excluding carboxylic acids is 16. The minimum atomic E-state index is -1.95. The first-order chi connectivity index (χ1) is 56.7. The van der Waals surface area contributed by atoms with Crippen molar-refractivity contribution in [2.45, 2.75) is 336 Å². The first kappa shape index (κ1) is 109. The first-order valence-corrected chi connectivity index (χ1v) is 42.0. The minimum absolute atomic E-state index is 0.0473. The van der Waals surface area contributed by atoms with Crippen molar-refractivity contribution in [1.29, 1.82) is 0 Å². The van der Waals surface area contributed by atoms with Crippen LogP contribution in [-0.2, 0) is 87.6 Å². The van der Waals surface area contributed by atoms with Crippen LogP contribution in [0.2, 0.25) is 0 Å². The summed E-state index contributed by atoms with van der Waals surface area (Å²) in [5, 5.41) is 64.9. The predicted molar refractivity (Wildman–Crippen MR) is 453 cm³/mol. The molecule has 0 aromatic heterocycles.